The molecule has 3 bridgehead atoms. The van der Waals surface area contributed by atoms with E-state index in [1.54, 1.807) is 19.1 Å². The number of rotatable bonds is 12. The van der Waals surface area contributed by atoms with Crippen LogP contribution in [0.4, 0.5) is 0 Å². The first-order valence-electron chi connectivity index (χ1n) is 16.3. The molecule has 2 saturated carbocycles. The van der Waals surface area contributed by atoms with Crippen LogP contribution in [0.1, 0.15) is 72.6 Å². The molecule has 0 aromatic heterocycles. The maximum atomic E-state index is 13.6. The van der Waals surface area contributed by atoms with Gasteiger partial charge in [-0.1, -0.05) is 94.7 Å². The molecule has 3 aliphatic carbocycles. The highest BCUT2D eigenvalue weighted by Crippen LogP contribution is 2.72. The topological polar surface area (TPSA) is 118 Å². The van der Waals surface area contributed by atoms with E-state index in [4.69, 9.17) is 18.9 Å². The first-order valence-corrected chi connectivity index (χ1v) is 16.3. The Hall–Kier alpha value is -2.17. The molecule has 8 heteroatoms. The Labute approximate surface area is 260 Å². The van der Waals surface area contributed by atoms with Crippen LogP contribution in [-0.2, 0) is 23.7 Å². The Kier molecular flexibility index (Phi) is 8.14. The van der Waals surface area contributed by atoms with Gasteiger partial charge in [-0.3, -0.25) is 4.79 Å². The largest absolute Gasteiger partial charge is 0.393 e. The number of fused-ring (bicyclic) bond motifs is 3. The smallest absolute Gasteiger partial charge is 0.306 e. The predicted molar refractivity (Wildman–Crippen MR) is 165 cm³/mol. The van der Waals surface area contributed by atoms with Crippen molar-refractivity contribution in [2.45, 2.75) is 119 Å². The molecule has 3 aliphatic heterocycles. The highest BCUT2D eigenvalue weighted by Gasteiger charge is 2.88. The van der Waals surface area contributed by atoms with E-state index in [1.165, 1.54) is 32.1 Å². The lowest BCUT2D eigenvalue weighted by atomic mass is 9.54. The highest BCUT2D eigenvalue weighted by molar-refractivity contribution is 6.05. The number of ether oxygens (including phenoxy) is 4. The van der Waals surface area contributed by atoms with Gasteiger partial charge in [0.1, 0.15) is 29.5 Å². The van der Waals surface area contributed by atoms with Crippen molar-refractivity contribution < 1.29 is 39.1 Å². The summed E-state index contributed by atoms with van der Waals surface area (Å²) in [6, 6.07) is 0. The number of Topliss-reactive ketones (excluding diaryl/α,β-unsaturated/α-hetero) is 1. The monoisotopic (exact) mass is 608 g/mol. The van der Waals surface area contributed by atoms with E-state index < -0.39 is 70.9 Å². The van der Waals surface area contributed by atoms with Crippen molar-refractivity contribution >= 4 is 5.78 Å². The van der Waals surface area contributed by atoms with Crippen LogP contribution in [0.15, 0.2) is 72.4 Å². The van der Waals surface area contributed by atoms with Gasteiger partial charge in [-0.15, -0.1) is 0 Å². The summed E-state index contributed by atoms with van der Waals surface area (Å²) >= 11 is 0. The molecular weight excluding hydrogens is 560 g/mol. The summed E-state index contributed by atoms with van der Waals surface area (Å²) in [6.45, 7) is 11.5. The van der Waals surface area contributed by atoms with Crippen LogP contribution in [0, 0.1) is 17.8 Å². The van der Waals surface area contributed by atoms with Crippen molar-refractivity contribution in [1.82, 2.24) is 0 Å². The van der Waals surface area contributed by atoms with Gasteiger partial charge in [0, 0.05) is 17.9 Å². The maximum absolute atomic E-state index is 13.6. The number of carbonyl (C=O) groups is 1. The second kappa shape index (κ2) is 11.3. The van der Waals surface area contributed by atoms with E-state index in [9.17, 15) is 20.1 Å². The lowest BCUT2D eigenvalue weighted by Crippen LogP contribution is -2.72. The maximum Gasteiger partial charge on any atom is 0.306 e. The fourth-order valence-electron chi connectivity index (χ4n) is 8.89. The van der Waals surface area contributed by atoms with Crippen LogP contribution in [0.2, 0.25) is 0 Å². The first kappa shape index (κ1) is 31.8. The summed E-state index contributed by atoms with van der Waals surface area (Å²) in [4.78, 5) is 13.6. The van der Waals surface area contributed by atoms with Gasteiger partial charge < -0.3 is 34.3 Å². The molecule has 8 nitrogen and oxygen atoms in total. The van der Waals surface area contributed by atoms with E-state index in [-0.39, 0.29) is 5.92 Å². The van der Waals surface area contributed by atoms with Gasteiger partial charge >= 0.3 is 5.97 Å². The molecule has 44 heavy (non-hydrogen) atoms. The number of hydrogen-bond donors (Lipinski definition) is 3. The average Bonchev–Trinajstić information content (AvgIpc) is 3.63. The molecule has 0 amide bonds. The minimum absolute atomic E-state index is 0.256. The van der Waals surface area contributed by atoms with Crippen molar-refractivity contribution in [3.8, 4) is 0 Å². The van der Waals surface area contributed by atoms with Crippen molar-refractivity contribution in [3.05, 3.63) is 72.4 Å². The molecule has 0 spiro atoms. The lowest BCUT2D eigenvalue weighted by molar-refractivity contribution is -0.406. The third kappa shape index (κ3) is 4.33. The molecular formula is C36H48O8. The number of ketones is 1. The van der Waals surface area contributed by atoms with Gasteiger partial charge in [0.25, 0.3) is 0 Å². The highest BCUT2D eigenvalue weighted by atomic mass is 16.9. The molecule has 11 atom stereocenters. The van der Waals surface area contributed by atoms with Crippen LogP contribution in [0.3, 0.4) is 0 Å². The number of epoxide rings is 1. The van der Waals surface area contributed by atoms with E-state index >= 15 is 0 Å². The Morgan fingerprint density at radius 3 is 2.45 bits per heavy atom. The van der Waals surface area contributed by atoms with Gasteiger partial charge in [-0.05, 0) is 50.2 Å². The number of aliphatic hydroxyl groups excluding tert-OH is 2. The number of carbonyl (C=O) groups excluding carboxylic acids is 1. The third-order valence-corrected chi connectivity index (χ3v) is 11.1. The molecule has 0 radical (unpaired) electrons. The van der Waals surface area contributed by atoms with Crippen molar-refractivity contribution in [3.63, 3.8) is 0 Å². The zero-order chi connectivity index (χ0) is 31.5. The normalized spacial score (nSPS) is 47.1. The van der Waals surface area contributed by atoms with Gasteiger partial charge in [0.15, 0.2) is 11.4 Å². The molecule has 3 heterocycles. The standard InChI is InChI=1S/C36H48O8/c1-6-7-8-9-10-11-12-13-14-15-16-17-18-19-34-42-29-27-30-33(22-37,41-30)31(39)35(40)26(20-24(4)28(35)38)36(27,44-34)25(5)21-32(29,43-34)23(2)3/h12-20,25-27,29-31,37,39-40H,2,6-11,21-22H2,1,3-5H3/b13-12+,15-14+,17-16-,19-18+/t25-,26-,27-,29-,30+,31-,32-,33+,34-,35-,36+/m1/s1. The molecule has 3 saturated heterocycles. The summed E-state index contributed by atoms with van der Waals surface area (Å²) in [7, 11) is 0. The third-order valence-electron chi connectivity index (χ3n) is 11.1. The minimum Gasteiger partial charge on any atom is -0.393 e. The number of unbranched alkanes of at least 4 members (excludes halogenated alkanes) is 5. The van der Waals surface area contributed by atoms with E-state index in [2.05, 4.69) is 25.7 Å². The molecule has 3 N–H and O–H groups in total. The SMILES string of the molecule is C=C(C)[C@]12C[C@@H](C)[C@@]34O[C@](/C=C/C=C\C=C\C=C\CCCCCCC)(O[C@@H]1[C@@H]3[C@@H]1O[C@]1(CO)[C@@H](O)[C@]1(O)C(=O)C(C)=C[C@H]14)O2. The first-order chi connectivity index (χ1) is 21.0. The molecule has 6 rings (SSSR count). The van der Waals surface area contributed by atoms with Crippen molar-refractivity contribution in [1.29, 1.82) is 0 Å². The van der Waals surface area contributed by atoms with E-state index in [0.717, 1.165) is 12.0 Å². The van der Waals surface area contributed by atoms with Crippen LogP contribution >= 0.6 is 0 Å². The Bertz CT molecular complexity index is 1330. The molecule has 240 valence electrons. The van der Waals surface area contributed by atoms with Crippen LogP contribution in [0.25, 0.3) is 0 Å². The summed E-state index contributed by atoms with van der Waals surface area (Å²) in [5.41, 5.74) is -4.77. The van der Waals surface area contributed by atoms with E-state index in [1.807, 2.05) is 44.2 Å². The van der Waals surface area contributed by atoms with Gasteiger partial charge in [-0.25, -0.2) is 0 Å². The molecule has 0 aromatic carbocycles. The molecule has 5 fully saturated rings. The quantitative estimate of drug-likeness (QED) is 0.126. The summed E-state index contributed by atoms with van der Waals surface area (Å²) in [6.07, 6.45) is 22.2. The van der Waals surface area contributed by atoms with Crippen LogP contribution in [0.5, 0.6) is 0 Å². The molecule has 6 aliphatic rings. The van der Waals surface area contributed by atoms with Crippen LogP contribution < -0.4 is 0 Å². The van der Waals surface area contributed by atoms with Gasteiger partial charge in [-0.2, -0.15) is 0 Å². The lowest BCUT2D eigenvalue weighted by Gasteiger charge is -2.59. The molecule has 0 unspecified atom stereocenters. The Morgan fingerprint density at radius 1 is 1.05 bits per heavy atom. The van der Waals surface area contributed by atoms with Gasteiger partial charge in [0.05, 0.1) is 12.2 Å². The molecule has 0 aromatic rings. The van der Waals surface area contributed by atoms with Crippen LogP contribution in [-0.4, -0.2) is 74.4 Å². The summed E-state index contributed by atoms with van der Waals surface area (Å²) < 4.78 is 26.4. The summed E-state index contributed by atoms with van der Waals surface area (Å²) in [5, 5.41) is 34.2. The zero-order valence-corrected chi connectivity index (χ0v) is 26.4. The Balaban J connectivity index is 1.29. The summed E-state index contributed by atoms with van der Waals surface area (Å²) in [5.74, 6) is -3.91. The average molecular weight is 609 g/mol. The fraction of sp³-hybridized carbons (Fsp3) is 0.639. The number of hydrogen-bond acceptors (Lipinski definition) is 8. The number of allylic oxidation sites excluding steroid dienone is 7. The second-order valence-electron chi connectivity index (χ2n) is 13.8. The van der Waals surface area contributed by atoms with Gasteiger partial charge in [0.2, 0.25) is 0 Å². The number of aliphatic hydroxyl groups is 3. The van der Waals surface area contributed by atoms with E-state index in [0.29, 0.717) is 12.0 Å². The van der Waals surface area contributed by atoms with Crippen molar-refractivity contribution in [2.75, 3.05) is 6.61 Å². The predicted octanol–water partition coefficient (Wildman–Crippen LogP) is 4.76. The fourth-order valence-corrected chi connectivity index (χ4v) is 8.89. The Morgan fingerprint density at radius 2 is 1.75 bits per heavy atom. The zero-order valence-electron chi connectivity index (χ0n) is 26.4. The van der Waals surface area contributed by atoms with Crippen molar-refractivity contribution in [2.24, 2.45) is 17.8 Å². The second-order valence-corrected chi connectivity index (χ2v) is 13.8. The minimum atomic E-state index is -2.23.